The Bertz CT molecular complexity index is 997. The molecule has 168 valence electrons. The third-order valence-electron chi connectivity index (χ3n) is 5.41. The summed E-state index contributed by atoms with van der Waals surface area (Å²) in [5.41, 5.74) is 0.601. The van der Waals surface area contributed by atoms with Crippen molar-refractivity contribution in [3.63, 3.8) is 0 Å². The van der Waals surface area contributed by atoms with E-state index < -0.39 is 10.0 Å². The number of anilines is 1. The molecule has 1 aliphatic rings. The van der Waals surface area contributed by atoms with Crippen LogP contribution in [-0.4, -0.2) is 51.1 Å². The maximum Gasteiger partial charge on any atom is 0.261 e. The lowest BCUT2D eigenvalue weighted by Gasteiger charge is -2.39. The average molecular weight is 447 g/mol. The summed E-state index contributed by atoms with van der Waals surface area (Å²) in [6, 6.07) is 12.8. The van der Waals surface area contributed by atoms with Gasteiger partial charge in [-0.05, 0) is 76.1 Å². The van der Waals surface area contributed by atoms with Crippen LogP contribution in [0.5, 0.6) is 5.75 Å². The number of hydrogen-bond donors (Lipinski definition) is 1. The summed E-state index contributed by atoms with van der Waals surface area (Å²) >= 11 is 0. The van der Waals surface area contributed by atoms with E-state index in [1.165, 1.54) is 12.1 Å². The molecule has 1 saturated heterocycles. The molecule has 0 atom stereocenters. The van der Waals surface area contributed by atoms with E-state index in [1.807, 2.05) is 13.8 Å². The number of carbonyl (C=O) groups is 1. The Kier molecular flexibility index (Phi) is 7.23. The van der Waals surface area contributed by atoms with Gasteiger partial charge in [0.15, 0.2) is 0 Å². The quantitative estimate of drug-likeness (QED) is 0.664. The van der Waals surface area contributed by atoms with E-state index in [1.54, 1.807) is 41.3 Å². The monoisotopic (exact) mass is 446 g/mol. The van der Waals surface area contributed by atoms with E-state index in [0.717, 1.165) is 12.8 Å². The van der Waals surface area contributed by atoms with Gasteiger partial charge in [-0.2, -0.15) is 0 Å². The number of likely N-dealkylation sites (tertiary alicyclic amines) is 1. The molecule has 2 aromatic rings. The fraction of sp³-hybridized carbons (Fsp3) is 0.435. The van der Waals surface area contributed by atoms with Crippen molar-refractivity contribution >= 4 is 21.6 Å². The summed E-state index contributed by atoms with van der Waals surface area (Å²) in [4.78, 5) is 14.9. The van der Waals surface area contributed by atoms with Gasteiger partial charge < -0.3 is 14.4 Å². The third kappa shape index (κ3) is 5.77. The number of rotatable bonds is 8. The maximum atomic E-state index is 12.9. The summed E-state index contributed by atoms with van der Waals surface area (Å²) in [6.45, 7) is 8.29. The summed E-state index contributed by atoms with van der Waals surface area (Å²) in [6.07, 6.45) is 1.55. The van der Waals surface area contributed by atoms with E-state index in [4.69, 9.17) is 9.47 Å². The zero-order chi connectivity index (χ0) is 22.5. The van der Waals surface area contributed by atoms with Crippen LogP contribution in [0.15, 0.2) is 53.4 Å². The Labute approximate surface area is 184 Å². The van der Waals surface area contributed by atoms with E-state index in [-0.39, 0.29) is 16.4 Å². The zero-order valence-corrected chi connectivity index (χ0v) is 19.1. The largest absolute Gasteiger partial charge is 0.494 e. The minimum Gasteiger partial charge on any atom is -0.494 e. The molecule has 1 aliphatic heterocycles. The summed E-state index contributed by atoms with van der Waals surface area (Å²) in [5, 5.41) is 0. The topological polar surface area (TPSA) is 84.9 Å². The van der Waals surface area contributed by atoms with Crippen molar-refractivity contribution < 1.29 is 22.7 Å². The zero-order valence-electron chi connectivity index (χ0n) is 18.3. The highest BCUT2D eigenvalue weighted by Crippen LogP contribution is 2.27. The second-order valence-electron chi connectivity index (χ2n) is 7.77. The Morgan fingerprint density at radius 1 is 1.06 bits per heavy atom. The van der Waals surface area contributed by atoms with Crippen molar-refractivity contribution in [3.8, 4) is 5.75 Å². The summed E-state index contributed by atoms with van der Waals surface area (Å²) < 4.78 is 39.2. The maximum absolute atomic E-state index is 12.9. The minimum absolute atomic E-state index is 0.110. The van der Waals surface area contributed by atoms with Crippen LogP contribution < -0.4 is 9.46 Å². The van der Waals surface area contributed by atoms with Gasteiger partial charge in [0.25, 0.3) is 15.9 Å². The van der Waals surface area contributed by atoms with Gasteiger partial charge in [0, 0.05) is 30.9 Å². The first kappa shape index (κ1) is 23.1. The number of amides is 1. The molecule has 8 heteroatoms. The Morgan fingerprint density at radius 2 is 1.74 bits per heavy atom. The third-order valence-corrected chi connectivity index (χ3v) is 6.81. The molecule has 0 aliphatic carbocycles. The second kappa shape index (κ2) is 9.70. The van der Waals surface area contributed by atoms with Crippen molar-refractivity contribution in [2.75, 3.05) is 31.0 Å². The first-order valence-corrected chi connectivity index (χ1v) is 12.0. The van der Waals surface area contributed by atoms with E-state index in [2.05, 4.69) is 11.6 Å². The molecule has 0 unspecified atom stereocenters. The van der Waals surface area contributed by atoms with Gasteiger partial charge in [0.05, 0.1) is 17.1 Å². The van der Waals surface area contributed by atoms with Crippen LogP contribution in [0.4, 0.5) is 5.69 Å². The van der Waals surface area contributed by atoms with Gasteiger partial charge >= 0.3 is 0 Å². The first-order valence-electron chi connectivity index (χ1n) is 10.6. The smallest absolute Gasteiger partial charge is 0.261 e. The van der Waals surface area contributed by atoms with E-state index in [0.29, 0.717) is 43.3 Å². The van der Waals surface area contributed by atoms with Gasteiger partial charge in [0.1, 0.15) is 5.75 Å². The van der Waals surface area contributed by atoms with Crippen LogP contribution in [0.1, 0.15) is 44.0 Å². The summed E-state index contributed by atoms with van der Waals surface area (Å²) in [7, 11) is -3.78. The van der Waals surface area contributed by atoms with Gasteiger partial charge in [-0.15, -0.1) is 0 Å². The van der Waals surface area contributed by atoms with Crippen LogP contribution in [0.3, 0.4) is 0 Å². The van der Waals surface area contributed by atoms with Crippen LogP contribution in [0.2, 0.25) is 0 Å². The van der Waals surface area contributed by atoms with Gasteiger partial charge in [-0.1, -0.05) is 6.07 Å². The molecular formula is C23H30N2O5S. The molecule has 3 rings (SSSR count). The molecule has 1 fully saturated rings. The molecule has 7 nitrogen and oxygen atoms in total. The van der Waals surface area contributed by atoms with Crippen molar-refractivity contribution in [3.05, 3.63) is 54.1 Å². The lowest BCUT2D eigenvalue weighted by Crippen LogP contribution is -2.46. The highest BCUT2D eigenvalue weighted by molar-refractivity contribution is 7.92. The molecule has 0 aromatic heterocycles. The van der Waals surface area contributed by atoms with Gasteiger partial charge in [-0.3, -0.25) is 9.52 Å². The average Bonchev–Trinajstić information content (AvgIpc) is 2.74. The predicted octanol–water partition coefficient (Wildman–Crippen LogP) is 3.92. The number of benzene rings is 2. The Morgan fingerprint density at radius 3 is 2.35 bits per heavy atom. The van der Waals surface area contributed by atoms with Crippen molar-refractivity contribution in [2.24, 2.45) is 0 Å². The van der Waals surface area contributed by atoms with Crippen molar-refractivity contribution in [1.29, 1.82) is 0 Å². The fourth-order valence-corrected chi connectivity index (χ4v) is 4.72. The van der Waals surface area contributed by atoms with Crippen molar-refractivity contribution in [1.82, 2.24) is 4.90 Å². The van der Waals surface area contributed by atoms with Gasteiger partial charge in [-0.25, -0.2) is 8.42 Å². The standard InChI is InChI=1S/C23H30N2O5S/c1-4-29-20-9-11-21(12-10-20)31(27,28)24-19-8-6-7-18(17-19)22(26)25-15-13-23(3,14-16-25)30-5-2/h6-12,17,24H,4-5,13-16H2,1-3H3. The normalized spacial score (nSPS) is 16.0. The SMILES string of the molecule is CCOc1ccc(S(=O)(=O)Nc2cccc(C(=O)N3CCC(C)(OCC)CC3)c2)cc1. The highest BCUT2D eigenvalue weighted by atomic mass is 32.2. The Hall–Kier alpha value is -2.58. The number of ether oxygens (including phenoxy) is 2. The Balaban J connectivity index is 1.69. The molecule has 0 bridgehead atoms. The first-order chi connectivity index (χ1) is 14.8. The molecular weight excluding hydrogens is 416 g/mol. The molecule has 1 N–H and O–H groups in total. The molecule has 1 amide bonds. The predicted molar refractivity (Wildman–Crippen MR) is 120 cm³/mol. The van der Waals surface area contributed by atoms with E-state index >= 15 is 0 Å². The molecule has 2 aromatic carbocycles. The number of nitrogens with zero attached hydrogens (tertiary/aromatic N) is 1. The van der Waals surface area contributed by atoms with Crippen molar-refractivity contribution in [2.45, 2.75) is 44.1 Å². The number of hydrogen-bond acceptors (Lipinski definition) is 5. The van der Waals surface area contributed by atoms with Crippen LogP contribution in [0, 0.1) is 0 Å². The number of nitrogens with one attached hydrogen (secondary N) is 1. The van der Waals surface area contributed by atoms with Crippen LogP contribution in [-0.2, 0) is 14.8 Å². The molecule has 0 saturated carbocycles. The van der Waals surface area contributed by atoms with Gasteiger partial charge in [0.2, 0.25) is 0 Å². The number of carbonyl (C=O) groups excluding carboxylic acids is 1. The molecule has 0 spiro atoms. The molecule has 0 radical (unpaired) electrons. The lowest BCUT2D eigenvalue weighted by atomic mass is 9.93. The lowest BCUT2D eigenvalue weighted by molar-refractivity contribution is -0.0611. The molecule has 1 heterocycles. The fourth-order valence-electron chi connectivity index (χ4n) is 3.67. The second-order valence-corrected chi connectivity index (χ2v) is 9.45. The number of piperidine rings is 1. The molecule has 31 heavy (non-hydrogen) atoms. The van der Waals surface area contributed by atoms with Crippen LogP contribution in [0.25, 0.3) is 0 Å². The summed E-state index contributed by atoms with van der Waals surface area (Å²) in [5.74, 6) is 0.497. The highest BCUT2D eigenvalue weighted by Gasteiger charge is 2.32. The number of sulfonamides is 1. The van der Waals surface area contributed by atoms with Crippen LogP contribution >= 0.6 is 0 Å². The van der Waals surface area contributed by atoms with E-state index in [9.17, 15) is 13.2 Å². The minimum atomic E-state index is -3.78.